The van der Waals surface area contributed by atoms with E-state index in [-0.39, 0.29) is 0 Å². The summed E-state index contributed by atoms with van der Waals surface area (Å²) in [7, 11) is 0. The lowest BCUT2D eigenvalue weighted by atomic mass is 9.87. The molecule has 0 aromatic heterocycles. The number of nitrogens with one attached hydrogen (secondary N) is 1. The van der Waals surface area contributed by atoms with Crippen molar-refractivity contribution >= 4 is 0 Å². The Bertz CT molecular complexity index is 332. The van der Waals surface area contributed by atoms with Gasteiger partial charge in [-0.2, -0.15) is 0 Å². The van der Waals surface area contributed by atoms with E-state index in [2.05, 4.69) is 43.4 Å². The van der Waals surface area contributed by atoms with E-state index in [1.54, 1.807) is 5.56 Å². The van der Waals surface area contributed by atoms with Crippen molar-refractivity contribution < 1.29 is 0 Å². The topological polar surface area (TPSA) is 12.0 Å². The van der Waals surface area contributed by atoms with Gasteiger partial charge in [0, 0.05) is 12.1 Å². The summed E-state index contributed by atoms with van der Waals surface area (Å²) in [5, 5.41) is 3.78. The van der Waals surface area contributed by atoms with Crippen LogP contribution in [-0.4, -0.2) is 6.04 Å². The van der Waals surface area contributed by atoms with Gasteiger partial charge in [0.2, 0.25) is 0 Å². The molecule has 1 aliphatic rings. The van der Waals surface area contributed by atoms with E-state index in [4.69, 9.17) is 0 Å². The van der Waals surface area contributed by atoms with Gasteiger partial charge >= 0.3 is 0 Å². The third kappa shape index (κ3) is 2.65. The minimum Gasteiger partial charge on any atom is -0.307 e. The molecule has 2 unspecified atom stereocenters. The van der Waals surface area contributed by atoms with Crippen molar-refractivity contribution in [2.24, 2.45) is 0 Å². The molecule has 0 saturated carbocycles. The Balaban J connectivity index is 2.07. The van der Waals surface area contributed by atoms with Gasteiger partial charge in [-0.15, -0.1) is 0 Å². The highest BCUT2D eigenvalue weighted by molar-refractivity contribution is 5.32. The van der Waals surface area contributed by atoms with Gasteiger partial charge in [0.05, 0.1) is 0 Å². The molecule has 1 heteroatoms. The van der Waals surface area contributed by atoms with Crippen LogP contribution in [0.25, 0.3) is 0 Å². The molecule has 1 aliphatic carbocycles. The number of benzene rings is 1. The quantitative estimate of drug-likeness (QED) is 0.808. The Hall–Kier alpha value is -0.820. The highest BCUT2D eigenvalue weighted by Gasteiger charge is 2.20. The summed E-state index contributed by atoms with van der Waals surface area (Å²) in [5.74, 6) is 0. The number of hydrogen-bond acceptors (Lipinski definition) is 1. The molecule has 2 rings (SSSR count). The van der Waals surface area contributed by atoms with Crippen LogP contribution in [0.2, 0.25) is 0 Å². The zero-order valence-corrected chi connectivity index (χ0v) is 10.5. The molecule has 0 saturated heterocycles. The molecule has 2 atom stereocenters. The monoisotopic (exact) mass is 217 g/mol. The summed E-state index contributed by atoms with van der Waals surface area (Å²) >= 11 is 0. The first-order valence-electron chi connectivity index (χ1n) is 6.65. The Morgan fingerprint density at radius 3 is 3.00 bits per heavy atom. The van der Waals surface area contributed by atoms with E-state index in [1.165, 1.54) is 37.7 Å². The van der Waals surface area contributed by atoms with Gasteiger partial charge < -0.3 is 5.32 Å². The predicted octanol–water partition coefficient (Wildman–Crippen LogP) is 3.84. The van der Waals surface area contributed by atoms with Crippen LogP contribution in [0.5, 0.6) is 0 Å². The maximum Gasteiger partial charge on any atom is 0.0325 e. The molecule has 88 valence electrons. The third-order valence-corrected chi connectivity index (χ3v) is 3.58. The van der Waals surface area contributed by atoms with Crippen molar-refractivity contribution in [2.75, 3.05) is 0 Å². The summed E-state index contributed by atoms with van der Waals surface area (Å²) < 4.78 is 0. The number of rotatable bonds is 4. The van der Waals surface area contributed by atoms with Gasteiger partial charge in [-0.1, -0.05) is 37.6 Å². The van der Waals surface area contributed by atoms with Gasteiger partial charge in [-0.05, 0) is 43.7 Å². The highest BCUT2D eigenvalue weighted by Crippen LogP contribution is 2.29. The van der Waals surface area contributed by atoms with Gasteiger partial charge in [0.25, 0.3) is 0 Å². The molecular weight excluding hydrogens is 194 g/mol. The van der Waals surface area contributed by atoms with Crippen LogP contribution < -0.4 is 5.32 Å². The average molecular weight is 217 g/mol. The predicted molar refractivity (Wildman–Crippen MR) is 69.6 cm³/mol. The fourth-order valence-electron chi connectivity index (χ4n) is 2.79. The zero-order valence-electron chi connectivity index (χ0n) is 10.5. The van der Waals surface area contributed by atoms with E-state index in [9.17, 15) is 0 Å². The molecule has 0 bridgehead atoms. The summed E-state index contributed by atoms with van der Waals surface area (Å²) in [6.07, 6.45) is 6.43. The van der Waals surface area contributed by atoms with Crippen LogP contribution in [0.4, 0.5) is 0 Å². The maximum atomic E-state index is 3.78. The van der Waals surface area contributed by atoms with E-state index >= 15 is 0 Å². The van der Waals surface area contributed by atoms with Crippen molar-refractivity contribution in [3.05, 3.63) is 35.4 Å². The fourth-order valence-corrected chi connectivity index (χ4v) is 2.79. The van der Waals surface area contributed by atoms with Crippen molar-refractivity contribution in [2.45, 2.75) is 58.0 Å². The molecular formula is C15H23N. The minimum absolute atomic E-state index is 0.589. The molecule has 0 spiro atoms. The second kappa shape index (κ2) is 5.49. The summed E-state index contributed by atoms with van der Waals surface area (Å²) in [5.41, 5.74) is 3.09. The van der Waals surface area contributed by atoms with Crippen molar-refractivity contribution in [3.63, 3.8) is 0 Å². The lowest BCUT2D eigenvalue weighted by Gasteiger charge is -2.29. The van der Waals surface area contributed by atoms with E-state index in [0.29, 0.717) is 12.1 Å². The summed E-state index contributed by atoms with van der Waals surface area (Å²) in [4.78, 5) is 0. The van der Waals surface area contributed by atoms with Crippen LogP contribution in [0.3, 0.4) is 0 Å². The first-order valence-corrected chi connectivity index (χ1v) is 6.65. The minimum atomic E-state index is 0.589. The molecule has 0 aliphatic heterocycles. The second-order valence-corrected chi connectivity index (χ2v) is 5.00. The summed E-state index contributed by atoms with van der Waals surface area (Å²) in [6.45, 7) is 4.56. The standard InChI is InChI=1S/C15H23N/c1-3-7-12(2)16-15-11-6-9-13-8-4-5-10-14(13)15/h4-5,8,10,12,15-16H,3,6-7,9,11H2,1-2H3. The number of hydrogen-bond donors (Lipinski definition) is 1. The Kier molecular flexibility index (Phi) is 4.00. The zero-order chi connectivity index (χ0) is 11.4. The normalized spacial score (nSPS) is 21.5. The van der Waals surface area contributed by atoms with Crippen LogP contribution in [0, 0.1) is 0 Å². The molecule has 0 radical (unpaired) electrons. The number of fused-ring (bicyclic) bond motifs is 1. The Morgan fingerprint density at radius 2 is 2.19 bits per heavy atom. The highest BCUT2D eigenvalue weighted by atomic mass is 14.9. The van der Waals surface area contributed by atoms with Crippen LogP contribution >= 0.6 is 0 Å². The molecule has 16 heavy (non-hydrogen) atoms. The van der Waals surface area contributed by atoms with E-state index < -0.39 is 0 Å². The van der Waals surface area contributed by atoms with E-state index in [0.717, 1.165) is 0 Å². The lowest BCUT2D eigenvalue weighted by Crippen LogP contribution is -2.32. The van der Waals surface area contributed by atoms with Gasteiger partial charge in [0.1, 0.15) is 0 Å². The van der Waals surface area contributed by atoms with Crippen molar-refractivity contribution in [1.82, 2.24) is 5.32 Å². The Morgan fingerprint density at radius 1 is 1.38 bits per heavy atom. The van der Waals surface area contributed by atoms with Crippen LogP contribution in [0.15, 0.2) is 24.3 Å². The molecule has 0 fully saturated rings. The van der Waals surface area contributed by atoms with Gasteiger partial charge in [-0.3, -0.25) is 0 Å². The Labute approximate surface area is 99.3 Å². The van der Waals surface area contributed by atoms with Gasteiger partial charge in [0.15, 0.2) is 0 Å². The van der Waals surface area contributed by atoms with Crippen molar-refractivity contribution in [1.29, 1.82) is 0 Å². The lowest BCUT2D eigenvalue weighted by molar-refractivity contribution is 0.393. The van der Waals surface area contributed by atoms with Gasteiger partial charge in [-0.25, -0.2) is 0 Å². The average Bonchev–Trinajstić information content (AvgIpc) is 2.30. The molecule has 1 nitrogen and oxygen atoms in total. The molecule has 1 aromatic rings. The largest absolute Gasteiger partial charge is 0.307 e. The molecule has 1 N–H and O–H groups in total. The first kappa shape index (κ1) is 11.7. The maximum absolute atomic E-state index is 3.78. The summed E-state index contributed by atoms with van der Waals surface area (Å²) in [6, 6.07) is 10.1. The SMILES string of the molecule is CCCC(C)NC1CCCc2ccccc21. The smallest absolute Gasteiger partial charge is 0.0325 e. The molecule has 0 heterocycles. The van der Waals surface area contributed by atoms with E-state index in [1.807, 2.05) is 0 Å². The fraction of sp³-hybridized carbons (Fsp3) is 0.600. The third-order valence-electron chi connectivity index (χ3n) is 3.58. The number of aryl methyl sites for hydroxylation is 1. The molecule has 0 amide bonds. The molecule has 1 aromatic carbocycles. The second-order valence-electron chi connectivity index (χ2n) is 5.00. The van der Waals surface area contributed by atoms with Crippen LogP contribution in [0.1, 0.15) is 56.7 Å². The first-order chi connectivity index (χ1) is 7.81. The van der Waals surface area contributed by atoms with Crippen LogP contribution in [-0.2, 0) is 6.42 Å². The van der Waals surface area contributed by atoms with Crippen molar-refractivity contribution in [3.8, 4) is 0 Å².